The number of carboxylic acids is 1. The molecule has 0 aromatic heterocycles. The summed E-state index contributed by atoms with van der Waals surface area (Å²) in [6.45, 7) is 12.1. The molecule has 0 heterocycles. The molecule has 1 aliphatic carbocycles. The molecule has 5 heteroatoms. The van der Waals surface area contributed by atoms with Crippen molar-refractivity contribution in [3.8, 4) is 0 Å². The zero-order valence-corrected chi connectivity index (χ0v) is 14.1. The van der Waals surface area contributed by atoms with Crippen molar-refractivity contribution < 1.29 is 14.7 Å². The van der Waals surface area contributed by atoms with Crippen LogP contribution in [0.5, 0.6) is 0 Å². The zero-order chi connectivity index (χ0) is 16.4. The first-order valence-corrected chi connectivity index (χ1v) is 7.87. The van der Waals surface area contributed by atoms with Gasteiger partial charge in [0.15, 0.2) is 0 Å². The first-order valence-electron chi connectivity index (χ1n) is 7.87. The molecule has 21 heavy (non-hydrogen) atoms. The topological polar surface area (TPSA) is 78.4 Å². The number of urea groups is 1. The highest BCUT2D eigenvalue weighted by molar-refractivity contribution is 5.75. The fourth-order valence-corrected chi connectivity index (χ4v) is 3.03. The molecule has 1 saturated carbocycles. The van der Waals surface area contributed by atoms with Gasteiger partial charge in [0.25, 0.3) is 0 Å². The normalized spacial score (nSPS) is 29.8. The van der Waals surface area contributed by atoms with Gasteiger partial charge in [0, 0.05) is 12.1 Å². The number of aliphatic carboxylic acids is 1. The Morgan fingerprint density at radius 3 is 2.24 bits per heavy atom. The Balaban J connectivity index is 2.66. The van der Waals surface area contributed by atoms with E-state index in [4.69, 9.17) is 0 Å². The summed E-state index contributed by atoms with van der Waals surface area (Å²) in [6, 6.07) is -0.0173. The van der Waals surface area contributed by atoms with E-state index in [1.54, 1.807) is 0 Å². The van der Waals surface area contributed by atoms with Gasteiger partial charge in [0.1, 0.15) is 0 Å². The first-order chi connectivity index (χ1) is 9.57. The lowest BCUT2D eigenvalue weighted by molar-refractivity contribution is -0.150. The molecule has 0 aromatic carbocycles. The monoisotopic (exact) mass is 298 g/mol. The van der Waals surface area contributed by atoms with Gasteiger partial charge in [-0.3, -0.25) is 4.79 Å². The van der Waals surface area contributed by atoms with E-state index in [1.165, 1.54) is 0 Å². The van der Waals surface area contributed by atoms with Crippen LogP contribution in [0.15, 0.2) is 0 Å². The predicted octanol–water partition coefficient (Wildman–Crippen LogP) is 2.86. The molecule has 122 valence electrons. The lowest BCUT2D eigenvalue weighted by atomic mass is 9.61. The van der Waals surface area contributed by atoms with Crippen molar-refractivity contribution in [2.75, 3.05) is 0 Å². The van der Waals surface area contributed by atoms with Crippen LogP contribution in [0.4, 0.5) is 4.79 Å². The Hall–Kier alpha value is -1.26. The van der Waals surface area contributed by atoms with Crippen LogP contribution < -0.4 is 10.6 Å². The lowest BCUT2D eigenvalue weighted by Gasteiger charge is -2.46. The van der Waals surface area contributed by atoms with Crippen molar-refractivity contribution in [1.29, 1.82) is 0 Å². The van der Waals surface area contributed by atoms with Crippen LogP contribution in [-0.4, -0.2) is 29.2 Å². The summed E-state index contributed by atoms with van der Waals surface area (Å²) in [4.78, 5) is 23.4. The number of amides is 2. The van der Waals surface area contributed by atoms with Crippen LogP contribution in [0.3, 0.4) is 0 Å². The third-order valence-electron chi connectivity index (χ3n) is 5.41. The molecule has 0 radical (unpaired) electrons. The summed E-state index contributed by atoms with van der Waals surface area (Å²) in [6.07, 6.45) is 1.32. The van der Waals surface area contributed by atoms with E-state index < -0.39 is 5.97 Å². The lowest BCUT2D eigenvalue weighted by Crippen LogP contribution is -2.55. The molecule has 5 nitrogen and oxygen atoms in total. The van der Waals surface area contributed by atoms with E-state index in [1.807, 2.05) is 27.7 Å². The molecular weight excluding hydrogens is 268 g/mol. The van der Waals surface area contributed by atoms with Crippen LogP contribution in [0, 0.1) is 23.2 Å². The molecular formula is C16H30N2O3. The van der Waals surface area contributed by atoms with Gasteiger partial charge < -0.3 is 15.7 Å². The Kier molecular flexibility index (Phi) is 5.65. The van der Waals surface area contributed by atoms with Gasteiger partial charge in [-0.15, -0.1) is 0 Å². The smallest absolute Gasteiger partial charge is 0.315 e. The first kappa shape index (κ1) is 17.8. The number of hydrogen-bond acceptors (Lipinski definition) is 2. The highest BCUT2D eigenvalue weighted by Gasteiger charge is 2.46. The highest BCUT2D eigenvalue weighted by atomic mass is 16.4. The summed E-state index contributed by atoms with van der Waals surface area (Å²) >= 11 is 0. The van der Waals surface area contributed by atoms with Gasteiger partial charge in [0.05, 0.1) is 5.92 Å². The number of rotatable bonds is 4. The Labute approximate surface area is 127 Å². The summed E-state index contributed by atoms with van der Waals surface area (Å²) in [7, 11) is 0. The minimum absolute atomic E-state index is 0.0231. The maximum Gasteiger partial charge on any atom is 0.315 e. The molecule has 3 N–H and O–H groups in total. The molecule has 0 spiro atoms. The van der Waals surface area contributed by atoms with Gasteiger partial charge in [-0.25, -0.2) is 4.79 Å². The Bertz CT molecular complexity index is 393. The quantitative estimate of drug-likeness (QED) is 0.746. The summed E-state index contributed by atoms with van der Waals surface area (Å²) in [5.41, 5.74) is -0.328. The number of nitrogens with one attached hydrogen (secondary N) is 2. The number of carbonyl (C=O) groups excluding carboxylic acids is 1. The van der Waals surface area contributed by atoms with Crippen molar-refractivity contribution in [2.24, 2.45) is 23.2 Å². The SMILES string of the molecule is CC(C)C(C)NC(=O)NC1CCC(C(=O)O)C(C)(C)C1C. The Morgan fingerprint density at radius 1 is 1.19 bits per heavy atom. The standard InChI is InChI=1S/C16H30N2O3/c1-9(2)11(4)17-15(21)18-13-8-7-12(14(19)20)16(5,6)10(13)3/h9-13H,7-8H2,1-6H3,(H,19,20)(H2,17,18,21). The zero-order valence-electron chi connectivity index (χ0n) is 14.1. The number of hydrogen-bond donors (Lipinski definition) is 3. The second-order valence-corrected chi connectivity index (χ2v) is 7.34. The van der Waals surface area contributed by atoms with E-state index in [9.17, 15) is 14.7 Å². The fraction of sp³-hybridized carbons (Fsp3) is 0.875. The minimum Gasteiger partial charge on any atom is -0.481 e. The Morgan fingerprint density at radius 2 is 1.76 bits per heavy atom. The van der Waals surface area contributed by atoms with E-state index in [0.29, 0.717) is 18.8 Å². The molecule has 1 rings (SSSR count). The second kappa shape index (κ2) is 6.67. The van der Waals surface area contributed by atoms with E-state index >= 15 is 0 Å². The van der Waals surface area contributed by atoms with Crippen molar-refractivity contribution >= 4 is 12.0 Å². The number of carbonyl (C=O) groups is 2. The van der Waals surface area contributed by atoms with E-state index in [0.717, 1.165) is 0 Å². The van der Waals surface area contributed by atoms with Gasteiger partial charge in [-0.1, -0.05) is 34.6 Å². The summed E-state index contributed by atoms with van der Waals surface area (Å²) < 4.78 is 0. The van der Waals surface area contributed by atoms with Crippen molar-refractivity contribution in [3.05, 3.63) is 0 Å². The van der Waals surface area contributed by atoms with Gasteiger partial charge in [0.2, 0.25) is 0 Å². The van der Waals surface area contributed by atoms with Crippen LogP contribution in [0.2, 0.25) is 0 Å². The van der Waals surface area contributed by atoms with Crippen molar-refractivity contribution in [1.82, 2.24) is 10.6 Å². The predicted molar refractivity (Wildman–Crippen MR) is 83.1 cm³/mol. The van der Waals surface area contributed by atoms with Crippen LogP contribution in [-0.2, 0) is 4.79 Å². The van der Waals surface area contributed by atoms with Gasteiger partial charge >= 0.3 is 12.0 Å². The minimum atomic E-state index is -0.733. The van der Waals surface area contributed by atoms with E-state index in [-0.39, 0.29) is 35.4 Å². The molecule has 2 amide bonds. The largest absolute Gasteiger partial charge is 0.481 e. The second-order valence-electron chi connectivity index (χ2n) is 7.34. The fourth-order valence-electron chi connectivity index (χ4n) is 3.03. The average molecular weight is 298 g/mol. The molecule has 4 atom stereocenters. The maximum absolute atomic E-state index is 12.1. The molecule has 1 fully saturated rings. The van der Waals surface area contributed by atoms with Crippen molar-refractivity contribution in [3.63, 3.8) is 0 Å². The molecule has 0 aliphatic heterocycles. The van der Waals surface area contributed by atoms with E-state index in [2.05, 4.69) is 24.5 Å². The molecule has 1 aliphatic rings. The summed E-state index contributed by atoms with van der Waals surface area (Å²) in [5, 5.41) is 15.3. The molecule has 0 saturated heterocycles. The van der Waals surface area contributed by atoms with Crippen molar-refractivity contribution in [2.45, 2.75) is 66.5 Å². The summed E-state index contributed by atoms with van der Waals surface area (Å²) in [5.74, 6) is -0.578. The maximum atomic E-state index is 12.1. The van der Waals surface area contributed by atoms with Crippen LogP contribution in [0.1, 0.15) is 54.4 Å². The van der Waals surface area contributed by atoms with Crippen LogP contribution >= 0.6 is 0 Å². The highest BCUT2D eigenvalue weighted by Crippen LogP contribution is 2.45. The third-order valence-corrected chi connectivity index (χ3v) is 5.41. The van der Waals surface area contributed by atoms with Gasteiger partial charge in [-0.2, -0.15) is 0 Å². The van der Waals surface area contributed by atoms with Crippen LogP contribution in [0.25, 0.3) is 0 Å². The molecule has 0 aromatic rings. The molecule has 0 bridgehead atoms. The average Bonchev–Trinajstić information content (AvgIpc) is 2.34. The van der Waals surface area contributed by atoms with Gasteiger partial charge in [-0.05, 0) is 37.0 Å². The third kappa shape index (κ3) is 4.11. The molecule has 4 unspecified atom stereocenters. The number of carboxylic acid groups (broad SMARTS) is 1.